The van der Waals surface area contributed by atoms with E-state index in [1.54, 1.807) is 16.2 Å². The highest BCUT2D eigenvalue weighted by Gasteiger charge is 2.25. The average molecular weight is 480 g/mol. The van der Waals surface area contributed by atoms with Crippen molar-refractivity contribution >= 4 is 49.6 Å². The Bertz CT molecular complexity index is 1320. The van der Waals surface area contributed by atoms with Crippen molar-refractivity contribution < 1.29 is 4.79 Å². The summed E-state index contributed by atoms with van der Waals surface area (Å²) in [5.41, 5.74) is 1.59. The van der Waals surface area contributed by atoms with Crippen LogP contribution in [0, 0.1) is 0 Å². The molecule has 0 radical (unpaired) electrons. The number of thiazole rings is 1. The molecule has 9 heteroatoms. The van der Waals surface area contributed by atoms with E-state index in [1.807, 2.05) is 61.7 Å². The van der Waals surface area contributed by atoms with Gasteiger partial charge in [0.25, 0.3) is 5.56 Å². The lowest BCUT2D eigenvalue weighted by molar-refractivity contribution is -0.119. The summed E-state index contributed by atoms with van der Waals surface area (Å²) in [4.78, 5) is 36.4. The van der Waals surface area contributed by atoms with Crippen LogP contribution in [0.4, 0.5) is 10.8 Å². The first-order valence-corrected chi connectivity index (χ1v) is 12.8. The molecule has 1 fully saturated rings. The number of para-hydroxylation sites is 1. The molecule has 5 rings (SSSR count). The molecule has 1 aromatic carbocycles. The van der Waals surface area contributed by atoms with Crippen molar-refractivity contribution in [2.24, 2.45) is 0 Å². The fourth-order valence-corrected chi connectivity index (χ4v) is 6.08. The molecule has 0 saturated carbocycles. The van der Waals surface area contributed by atoms with E-state index in [2.05, 4.69) is 10.00 Å². The Morgan fingerprint density at radius 1 is 1.12 bits per heavy atom. The topological polar surface area (TPSA) is 71.3 Å². The molecule has 0 atom stereocenters. The standard InChI is InChI=1S/C24H25N5O2S2/c1-16(2)29(17-9-4-3-5-10-17)19(30)15-28-23(31)21-22(20(26-28)18-11-8-14-32-18)33-24(25-21)27-12-6-7-13-27/h3-5,8-11,14,16H,6-7,12-13,15H2,1-2H3. The molecule has 0 spiro atoms. The van der Waals surface area contributed by atoms with Crippen molar-refractivity contribution in [3.8, 4) is 10.6 Å². The lowest BCUT2D eigenvalue weighted by atomic mass is 10.2. The van der Waals surface area contributed by atoms with Crippen LogP contribution in [-0.2, 0) is 11.3 Å². The Kier molecular flexibility index (Phi) is 5.99. The van der Waals surface area contributed by atoms with Gasteiger partial charge in [-0.2, -0.15) is 5.10 Å². The third-order valence-electron chi connectivity index (χ3n) is 5.72. The van der Waals surface area contributed by atoms with E-state index in [4.69, 9.17) is 4.98 Å². The lowest BCUT2D eigenvalue weighted by Crippen LogP contribution is -2.41. The van der Waals surface area contributed by atoms with Gasteiger partial charge < -0.3 is 9.80 Å². The molecular formula is C24H25N5O2S2. The zero-order valence-corrected chi connectivity index (χ0v) is 20.2. The first kappa shape index (κ1) is 21.8. The Balaban J connectivity index is 1.58. The smallest absolute Gasteiger partial charge is 0.294 e. The van der Waals surface area contributed by atoms with Gasteiger partial charge in [-0.1, -0.05) is 35.6 Å². The second-order valence-corrected chi connectivity index (χ2v) is 10.3. The van der Waals surface area contributed by atoms with Crippen LogP contribution >= 0.6 is 22.7 Å². The van der Waals surface area contributed by atoms with E-state index in [0.29, 0.717) is 11.2 Å². The zero-order valence-electron chi connectivity index (χ0n) is 18.6. The summed E-state index contributed by atoms with van der Waals surface area (Å²) in [6.07, 6.45) is 2.27. The van der Waals surface area contributed by atoms with E-state index in [0.717, 1.165) is 46.3 Å². The maximum Gasteiger partial charge on any atom is 0.294 e. The first-order valence-electron chi connectivity index (χ1n) is 11.1. The van der Waals surface area contributed by atoms with Gasteiger partial charge in [-0.25, -0.2) is 9.67 Å². The summed E-state index contributed by atoms with van der Waals surface area (Å²) >= 11 is 3.09. The van der Waals surface area contributed by atoms with Gasteiger partial charge in [-0.15, -0.1) is 11.3 Å². The minimum atomic E-state index is -0.322. The van der Waals surface area contributed by atoms with E-state index in [9.17, 15) is 9.59 Å². The largest absolute Gasteiger partial charge is 0.348 e. The SMILES string of the molecule is CC(C)N(C(=O)Cn1nc(-c2cccs2)c2sc(N3CCCC3)nc2c1=O)c1ccccc1. The number of thiophene rings is 1. The summed E-state index contributed by atoms with van der Waals surface area (Å²) in [7, 11) is 0. The summed E-state index contributed by atoms with van der Waals surface area (Å²) < 4.78 is 2.07. The molecule has 1 saturated heterocycles. The molecule has 170 valence electrons. The Morgan fingerprint density at radius 2 is 1.88 bits per heavy atom. The minimum Gasteiger partial charge on any atom is -0.348 e. The van der Waals surface area contributed by atoms with Crippen molar-refractivity contribution in [1.82, 2.24) is 14.8 Å². The third kappa shape index (κ3) is 4.18. The quantitative estimate of drug-likeness (QED) is 0.403. The van der Waals surface area contributed by atoms with Crippen LogP contribution in [0.2, 0.25) is 0 Å². The maximum absolute atomic E-state index is 13.4. The van der Waals surface area contributed by atoms with E-state index >= 15 is 0 Å². The molecule has 1 amide bonds. The Morgan fingerprint density at radius 3 is 2.55 bits per heavy atom. The minimum absolute atomic E-state index is 0.0582. The first-order chi connectivity index (χ1) is 16.0. The van der Waals surface area contributed by atoms with Crippen molar-refractivity contribution in [1.29, 1.82) is 0 Å². The van der Waals surface area contributed by atoms with Crippen LogP contribution in [0.3, 0.4) is 0 Å². The number of nitrogens with zero attached hydrogens (tertiary/aromatic N) is 5. The van der Waals surface area contributed by atoms with Crippen LogP contribution in [0.5, 0.6) is 0 Å². The number of carbonyl (C=O) groups is 1. The molecule has 0 bridgehead atoms. The molecule has 4 aromatic rings. The molecule has 0 N–H and O–H groups in total. The number of benzene rings is 1. The van der Waals surface area contributed by atoms with Gasteiger partial charge >= 0.3 is 0 Å². The number of carbonyl (C=O) groups excluding carboxylic acids is 1. The normalized spacial score (nSPS) is 13.8. The molecule has 1 aliphatic rings. The number of aromatic nitrogens is 3. The molecule has 0 unspecified atom stereocenters. The highest BCUT2D eigenvalue weighted by atomic mass is 32.1. The number of amides is 1. The van der Waals surface area contributed by atoms with Crippen LogP contribution in [0.15, 0.2) is 52.6 Å². The van der Waals surface area contributed by atoms with Crippen LogP contribution in [-0.4, -0.2) is 39.8 Å². The van der Waals surface area contributed by atoms with Gasteiger partial charge in [0, 0.05) is 24.8 Å². The number of rotatable bonds is 6. The fraction of sp³-hybridized carbons (Fsp3) is 0.333. The lowest BCUT2D eigenvalue weighted by Gasteiger charge is -2.27. The van der Waals surface area contributed by atoms with Crippen LogP contribution in [0.1, 0.15) is 26.7 Å². The summed E-state index contributed by atoms with van der Waals surface area (Å²) in [5.74, 6) is -0.183. The predicted octanol–water partition coefficient (Wildman–Crippen LogP) is 4.62. The van der Waals surface area contributed by atoms with Crippen molar-refractivity contribution in [3.63, 3.8) is 0 Å². The number of anilines is 2. The summed E-state index contributed by atoms with van der Waals surface area (Å²) in [6, 6.07) is 13.4. The van der Waals surface area contributed by atoms with Crippen LogP contribution in [0.25, 0.3) is 20.8 Å². The number of hydrogen-bond acceptors (Lipinski definition) is 7. The van der Waals surface area contributed by atoms with Gasteiger partial charge in [-0.05, 0) is 50.3 Å². The fourth-order valence-electron chi connectivity index (χ4n) is 4.20. The van der Waals surface area contributed by atoms with Gasteiger partial charge in [0.15, 0.2) is 10.6 Å². The Labute approximate surface area is 199 Å². The second-order valence-electron chi connectivity index (χ2n) is 8.35. The molecule has 1 aliphatic heterocycles. The van der Waals surface area contributed by atoms with E-state index < -0.39 is 0 Å². The molecule has 33 heavy (non-hydrogen) atoms. The zero-order chi connectivity index (χ0) is 22.9. The molecular weight excluding hydrogens is 454 g/mol. The number of fused-ring (bicyclic) bond motifs is 1. The summed E-state index contributed by atoms with van der Waals surface area (Å²) in [6.45, 7) is 5.69. The van der Waals surface area contributed by atoms with Gasteiger partial charge in [0.2, 0.25) is 5.91 Å². The van der Waals surface area contributed by atoms with Crippen LogP contribution < -0.4 is 15.4 Å². The van der Waals surface area contributed by atoms with Crippen molar-refractivity contribution in [2.75, 3.05) is 22.9 Å². The second kappa shape index (κ2) is 9.07. The van der Waals surface area contributed by atoms with Gasteiger partial charge in [0.1, 0.15) is 12.2 Å². The molecule has 3 aromatic heterocycles. The molecule has 0 aliphatic carbocycles. The van der Waals surface area contributed by atoms with E-state index in [-0.39, 0.29) is 24.1 Å². The average Bonchev–Trinajstić information content (AvgIpc) is 3.57. The van der Waals surface area contributed by atoms with Gasteiger partial charge in [0.05, 0.1) is 9.58 Å². The summed E-state index contributed by atoms with van der Waals surface area (Å²) in [5, 5.41) is 7.52. The number of hydrogen-bond donors (Lipinski definition) is 0. The molecule has 7 nitrogen and oxygen atoms in total. The van der Waals surface area contributed by atoms with Crippen molar-refractivity contribution in [3.05, 3.63) is 58.2 Å². The third-order valence-corrected chi connectivity index (χ3v) is 7.72. The highest BCUT2D eigenvalue weighted by molar-refractivity contribution is 7.23. The monoisotopic (exact) mass is 479 g/mol. The predicted molar refractivity (Wildman–Crippen MR) is 135 cm³/mol. The van der Waals surface area contributed by atoms with E-state index in [1.165, 1.54) is 16.0 Å². The molecule has 4 heterocycles. The maximum atomic E-state index is 13.4. The van der Waals surface area contributed by atoms with Gasteiger partial charge in [-0.3, -0.25) is 9.59 Å². The highest BCUT2D eigenvalue weighted by Crippen LogP contribution is 2.36. The van der Waals surface area contributed by atoms with Crippen molar-refractivity contribution in [2.45, 2.75) is 39.3 Å². The Hall–Kier alpha value is -3.04.